The Balaban J connectivity index is 1.96. The summed E-state index contributed by atoms with van der Waals surface area (Å²) in [6.45, 7) is 1.98. The largest absolute Gasteiger partial charge is 0.325 e. The van der Waals surface area contributed by atoms with Gasteiger partial charge in [-0.2, -0.15) is 8.42 Å². The maximum absolute atomic E-state index is 12.2. The second kappa shape index (κ2) is 7.28. The predicted molar refractivity (Wildman–Crippen MR) is 91.4 cm³/mol. The van der Waals surface area contributed by atoms with Gasteiger partial charge in [-0.1, -0.05) is 48.0 Å². The molecule has 0 saturated carbocycles. The van der Waals surface area contributed by atoms with E-state index in [0.717, 1.165) is 15.4 Å². The maximum Gasteiger partial charge on any atom is 0.325 e. The zero-order chi connectivity index (χ0) is 16.9. The highest BCUT2D eigenvalue weighted by atomic mass is 32.2. The van der Waals surface area contributed by atoms with Gasteiger partial charge < -0.3 is 0 Å². The number of carbonyl (C=O) groups excluding carboxylic acids is 1. The van der Waals surface area contributed by atoms with Crippen LogP contribution < -0.4 is 9.03 Å². The summed E-state index contributed by atoms with van der Waals surface area (Å²) < 4.78 is 27.6. The van der Waals surface area contributed by atoms with E-state index in [1.165, 1.54) is 7.05 Å². The Kier molecular flexibility index (Phi) is 5.39. The zero-order valence-electron chi connectivity index (χ0n) is 13.2. The van der Waals surface area contributed by atoms with E-state index in [1.54, 1.807) is 30.3 Å². The van der Waals surface area contributed by atoms with Crippen molar-refractivity contribution < 1.29 is 13.2 Å². The van der Waals surface area contributed by atoms with Gasteiger partial charge in [0.05, 0.1) is 5.69 Å². The molecule has 0 aromatic heterocycles. The van der Waals surface area contributed by atoms with Gasteiger partial charge >= 0.3 is 10.2 Å². The summed E-state index contributed by atoms with van der Waals surface area (Å²) in [6, 6.07) is 16.4. The highest BCUT2D eigenvalue weighted by Crippen LogP contribution is 2.14. The lowest BCUT2D eigenvalue weighted by Crippen LogP contribution is -2.41. The first-order chi connectivity index (χ1) is 10.9. The van der Waals surface area contributed by atoms with Gasteiger partial charge in [-0.25, -0.2) is 4.72 Å². The standard InChI is InChI=1S/C17H20N2O3S/c1-14-7-6-8-15(13-14)11-12-17(20)18-23(21,22)19(2)16-9-4-3-5-10-16/h3-10,13H,11-12H2,1-2H3,(H,18,20). The molecule has 0 heterocycles. The van der Waals surface area contributed by atoms with Crippen LogP contribution in [0.2, 0.25) is 0 Å². The molecule has 0 atom stereocenters. The first-order valence-electron chi connectivity index (χ1n) is 7.28. The minimum atomic E-state index is -3.89. The monoisotopic (exact) mass is 332 g/mol. The van der Waals surface area contributed by atoms with Crippen molar-refractivity contribution in [1.82, 2.24) is 4.72 Å². The number of nitrogens with zero attached hydrogens (tertiary/aromatic N) is 1. The second-order valence-electron chi connectivity index (χ2n) is 5.32. The number of carbonyl (C=O) groups is 1. The highest BCUT2D eigenvalue weighted by molar-refractivity contribution is 7.91. The first kappa shape index (κ1) is 17.0. The lowest BCUT2D eigenvalue weighted by molar-refractivity contribution is -0.119. The molecule has 23 heavy (non-hydrogen) atoms. The van der Waals surface area contributed by atoms with E-state index in [0.29, 0.717) is 12.1 Å². The minimum Gasteiger partial charge on any atom is -0.274 e. The van der Waals surface area contributed by atoms with Crippen LogP contribution in [0.5, 0.6) is 0 Å². The lowest BCUT2D eigenvalue weighted by Gasteiger charge is -2.19. The summed E-state index contributed by atoms with van der Waals surface area (Å²) in [6.07, 6.45) is 0.614. The fraction of sp³-hybridized carbons (Fsp3) is 0.235. The van der Waals surface area contributed by atoms with Crippen molar-refractivity contribution in [3.8, 4) is 0 Å². The number of hydrogen-bond donors (Lipinski definition) is 1. The van der Waals surface area contributed by atoms with Crippen LogP contribution in [0.3, 0.4) is 0 Å². The molecule has 0 spiro atoms. The summed E-state index contributed by atoms with van der Waals surface area (Å²) in [5.41, 5.74) is 2.61. The fourth-order valence-corrected chi connectivity index (χ4v) is 3.09. The third-order valence-electron chi connectivity index (χ3n) is 3.45. The molecule has 0 fully saturated rings. The van der Waals surface area contributed by atoms with E-state index in [4.69, 9.17) is 0 Å². The molecule has 1 amide bonds. The van der Waals surface area contributed by atoms with E-state index in [1.807, 2.05) is 31.2 Å². The number of benzene rings is 2. The Bertz CT molecular complexity index is 773. The van der Waals surface area contributed by atoms with Gasteiger partial charge in [-0.3, -0.25) is 9.10 Å². The lowest BCUT2D eigenvalue weighted by atomic mass is 10.1. The molecular weight excluding hydrogens is 312 g/mol. The summed E-state index contributed by atoms with van der Waals surface area (Å²) >= 11 is 0. The molecule has 0 unspecified atom stereocenters. The van der Waals surface area contributed by atoms with Crippen molar-refractivity contribution in [3.05, 3.63) is 65.7 Å². The minimum absolute atomic E-state index is 0.116. The smallest absolute Gasteiger partial charge is 0.274 e. The van der Waals surface area contributed by atoms with Crippen molar-refractivity contribution in [2.75, 3.05) is 11.4 Å². The van der Waals surface area contributed by atoms with Gasteiger partial charge in [0.15, 0.2) is 0 Å². The highest BCUT2D eigenvalue weighted by Gasteiger charge is 2.20. The average molecular weight is 332 g/mol. The van der Waals surface area contributed by atoms with Crippen LogP contribution in [-0.2, 0) is 21.4 Å². The molecule has 2 aromatic carbocycles. The van der Waals surface area contributed by atoms with Crippen molar-refractivity contribution in [1.29, 1.82) is 0 Å². The number of nitrogens with one attached hydrogen (secondary N) is 1. The predicted octanol–water partition coefficient (Wildman–Crippen LogP) is 2.43. The number of hydrogen-bond acceptors (Lipinski definition) is 3. The molecule has 122 valence electrons. The quantitative estimate of drug-likeness (QED) is 0.883. The molecule has 6 heteroatoms. The third kappa shape index (κ3) is 4.82. The topological polar surface area (TPSA) is 66.5 Å². The summed E-state index contributed by atoms with van der Waals surface area (Å²) in [7, 11) is -2.48. The molecule has 5 nitrogen and oxygen atoms in total. The molecule has 1 N–H and O–H groups in total. The number of amides is 1. The van der Waals surface area contributed by atoms with Gasteiger partial charge in [0.2, 0.25) is 5.91 Å². The van der Waals surface area contributed by atoms with Gasteiger partial charge in [-0.15, -0.1) is 0 Å². The normalized spacial score (nSPS) is 11.0. The molecule has 0 aliphatic heterocycles. The Morgan fingerprint density at radius 1 is 1.09 bits per heavy atom. The van der Waals surface area contributed by atoms with E-state index >= 15 is 0 Å². The molecular formula is C17H20N2O3S. The molecule has 0 aliphatic rings. The Morgan fingerprint density at radius 2 is 1.78 bits per heavy atom. The van der Waals surface area contributed by atoms with Crippen molar-refractivity contribution in [2.45, 2.75) is 19.8 Å². The van der Waals surface area contributed by atoms with Gasteiger partial charge in [0.1, 0.15) is 0 Å². The van der Waals surface area contributed by atoms with Crippen molar-refractivity contribution >= 4 is 21.8 Å². The zero-order valence-corrected chi connectivity index (χ0v) is 14.0. The van der Waals surface area contributed by atoms with Crippen LogP contribution >= 0.6 is 0 Å². The fourth-order valence-electron chi connectivity index (χ4n) is 2.17. The molecule has 0 saturated heterocycles. The molecule has 2 rings (SSSR count). The Morgan fingerprint density at radius 3 is 2.43 bits per heavy atom. The molecule has 0 radical (unpaired) electrons. The summed E-state index contributed by atoms with van der Waals surface area (Å²) in [4.78, 5) is 11.9. The number of rotatable bonds is 6. The third-order valence-corrected chi connectivity index (χ3v) is 4.86. The SMILES string of the molecule is Cc1cccc(CCC(=O)NS(=O)(=O)N(C)c2ccccc2)c1. The van der Waals surface area contributed by atoms with Gasteiger partial charge in [-0.05, 0) is 31.0 Å². The summed E-state index contributed by atoms with van der Waals surface area (Å²) in [5, 5.41) is 0. The van der Waals surface area contributed by atoms with E-state index in [9.17, 15) is 13.2 Å². The molecule has 0 aliphatic carbocycles. The number of anilines is 1. The van der Waals surface area contributed by atoms with E-state index < -0.39 is 16.1 Å². The maximum atomic E-state index is 12.2. The van der Waals surface area contributed by atoms with Crippen LogP contribution in [0, 0.1) is 6.92 Å². The van der Waals surface area contributed by atoms with Gasteiger partial charge in [0, 0.05) is 13.5 Å². The van der Waals surface area contributed by atoms with Crippen LogP contribution in [0.1, 0.15) is 17.5 Å². The number of aryl methyl sites for hydroxylation is 2. The van der Waals surface area contributed by atoms with Crippen molar-refractivity contribution in [3.63, 3.8) is 0 Å². The van der Waals surface area contributed by atoms with Gasteiger partial charge in [0.25, 0.3) is 0 Å². The van der Waals surface area contributed by atoms with Crippen LogP contribution in [-0.4, -0.2) is 21.4 Å². The van der Waals surface area contributed by atoms with Crippen LogP contribution in [0.4, 0.5) is 5.69 Å². The summed E-state index contributed by atoms with van der Waals surface area (Å²) in [5.74, 6) is -0.519. The van der Waals surface area contributed by atoms with Crippen LogP contribution in [0.15, 0.2) is 54.6 Å². The van der Waals surface area contributed by atoms with Crippen LogP contribution in [0.25, 0.3) is 0 Å². The second-order valence-corrected chi connectivity index (χ2v) is 7.02. The Hall–Kier alpha value is -2.34. The molecule has 0 bridgehead atoms. The Labute approximate surface area is 137 Å². The molecule has 2 aromatic rings. The van der Waals surface area contributed by atoms with Crippen molar-refractivity contribution in [2.24, 2.45) is 0 Å². The first-order valence-corrected chi connectivity index (χ1v) is 8.72. The average Bonchev–Trinajstić information content (AvgIpc) is 2.53. The van der Waals surface area contributed by atoms with E-state index in [2.05, 4.69) is 4.72 Å². The van der Waals surface area contributed by atoms with E-state index in [-0.39, 0.29) is 6.42 Å². The number of para-hydroxylation sites is 1.